The van der Waals surface area contributed by atoms with Gasteiger partial charge in [-0.25, -0.2) is 0 Å². The van der Waals surface area contributed by atoms with Gasteiger partial charge in [-0.2, -0.15) is 0 Å². The van der Waals surface area contributed by atoms with Crippen molar-refractivity contribution in [1.82, 2.24) is 15.1 Å². The van der Waals surface area contributed by atoms with E-state index in [4.69, 9.17) is 22.1 Å². The topological polar surface area (TPSA) is 70.8 Å². The van der Waals surface area contributed by atoms with Crippen LogP contribution in [0.5, 0.6) is 5.75 Å². The fourth-order valence-corrected chi connectivity index (χ4v) is 4.81. The molecule has 2 heterocycles. The first-order valence-electron chi connectivity index (χ1n) is 10.3. The lowest BCUT2D eigenvalue weighted by atomic mass is 9.79. The number of benzene rings is 1. The first kappa shape index (κ1) is 21.2. The predicted octanol–water partition coefficient (Wildman–Crippen LogP) is 2.71. The maximum atomic E-state index is 13.2. The second-order valence-electron chi connectivity index (χ2n) is 8.39. The summed E-state index contributed by atoms with van der Waals surface area (Å²) in [6, 6.07) is 3.48. The van der Waals surface area contributed by atoms with Crippen molar-refractivity contribution >= 4 is 23.2 Å². The van der Waals surface area contributed by atoms with Gasteiger partial charge in [-0.05, 0) is 33.0 Å². The molecule has 3 rings (SSSR count). The van der Waals surface area contributed by atoms with Gasteiger partial charge in [-0.1, -0.05) is 25.4 Å². The molecule has 1 aromatic carbocycles. The zero-order chi connectivity index (χ0) is 20.4. The lowest BCUT2D eigenvalue weighted by Gasteiger charge is -2.49. The molecule has 28 heavy (non-hydrogen) atoms. The van der Waals surface area contributed by atoms with Gasteiger partial charge in [0.05, 0.1) is 22.4 Å². The molecule has 0 radical (unpaired) electrons. The predicted molar refractivity (Wildman–Crippen MR) is 114 cm³/mol. The minimum Gasteiger partial charge on any atom is -0.490 e. The molecule has 0 atom stereocenters. The van der Waals surface area contributed by atoms with Crippen LogP contribution in [0.25, 0.3) is 0 Å². The summed E-state index contributed by atoms with van der Waals surface area (Å²) in [6.45, 7) is 8.11. The van der Waals surface area contributed by atoms with Gasteiger partial charge in [0.2, 0.25) is 0 Å². The summed E-state index contributed by atoms with van der Waals surface area (Å²) in [6.07, 6.45) is 1.78. The van der Waals surface area contributed by atoms with E-state index in [0.29, 0.717) is 33.9 Å². The van der Waals surface area contributed by atoms with E-state index < -0.39 is 0 Å². The highest BCUT2D eigenvalue weighted by Gasteiger charge is 2.41. The number of halogens is 1. The molecule has 6 nitrogen and oxygen atoms in total. The smallest absolute Gasteiger partial charge is 0.255 e. The summed E-state index contributed by atoms with van der Waals surface area (Å²) in [7, 11) is 4.31. The highest BCUT2D eigenvalue weighted by molar-refractivity contribution is 6.33. The van der Waals surface area contributed by atoms with Crippen molar-refractivity contribution in [3.8, 4) is 5.75 Å². The quantitative estimate of drug-likeness (QED) is 0.708. The zero-order valence-corrected chi connectivity index (χ0v) is 18.1. The molecule has 0 aliphatic carbocycles. The zero-order valence-electron chi connectivity index (χ0n) is 17.4. The van der Waals surface area contributed by atoms with Crippen LogP contribution in [0.2, 0.25) is 5.02 Å². The van der Waals surface area contributed by atoms with Crippen LogP contribution in [-0.4, -0.2) is 68.1 Å². The molecular weight excluding hydrogens is 376 g/mol. The second kappa shape index (κ2) is 8.89. The van der Waals surface area contributed by atoms with Crippen LogP contribution in [0.3, 0.4) is 0 Å². The van der Waals surface area contributed by atoms with Crippen LogP contribution in [-0.2, 0) is 0 Å². The van der Waals surface area contributed by atoms with E-state index in [1.807, 2.05) is 0 Å². The van der Waals surface area contributed by atoms with E-state index >= 15 is 0 Å². The molecule has 0 unspecified atom stereocenters. The van der Waals surface area contributed by atoms with Gasteiger partial charge < -0.3 is 25.6 Å². The van der Waals surface area contributed by atoms with Crippen molar-refractivity contribution in [2.75, 3.05) is 46.0 Å². The van der Waals surface area contributed by atoms with E-state index in [-0.39, 0.29) is 18.1 Å². The Labute approximate surface area is 173 Å². The van der Waals surface area contributed by atoms with Crippen LogP contribution in [0.15, 0.2) is 12.1 Å². The Morgan fingerprint density at radius 3 is 2.21 bits per heavy atom. The van der Waals surface area contributed by atoms with Crippen LogP contribution >= 0.6 is 11.6 Å². The normalized spacial score (nSPS) is 25.7. The van der Waals surface area contributed by atoms with E-state index in [9.17, 15) is 4.79 Å². The van der Waals surface area contributed by atoms with Crippen LogP contribution in [0, 0.1) is 11.8 Å². The minimum atomic E-state index is -0.128. The maximum Gasteiger partial charge on any atom is 0.255 e. The van der Waals surface area contributed by atoms with Crippen molar-refractivity contribution in [1.29, 1.82) is 0 Å². The van der Waals surface area contributed by atoms with E-state index in [1.54, 1.807) is 12.1 Å². The second-order valence-corrected chi connectivity index (χ2v) is 8.80. The number of hydrogen-bond donors (Lipinski definition) is 2. The summed E-state index contributed by atoms with van der Waals surface area (Å²) >= 11 is 6.24. The molecule has 2 aliphatic heterocycles. The number of piperidine rings is 2. The molecule has 1 aromatic rings. The molecule has 2 aliphatic rings. The van der Waals surface area contributed by atoms with Gasteiger partial charge in [0.25, 0.3) is 5.91 Å². The van der Waals surface area contributed by atoms with Gasteiger partial charge in [-0.3, -0.25) is 4.79 Å². The number of nitrogen functional groups attached to an aromatic ring is 1. The number of ether oxygens (including phenoxy) is 1. The molecule has 0 saturated carbocycles. The van der Waals surface area contributed by atoms with Crippen molar-refractivity contribution in [2.24, 2.45) is 11.8 Å². The van der Waals surface area contributed by atoms with Crippen molar-refractivity contribution in [3.63, 3.8) is 0 Å². The van der Waals surface area contributed by atoms with Gasteiger partial charge in [-0.15, -0.1) is 0 Å². The molecule has 2 saturated heterocycles. The third-order valence-electron chi connectivity index (χ3n) is 6.05. The SMILES string of the molecule is CCC(CC)Oc1cc(N)c(Cl)cc1C(=O)NC1C2CN(C)CC1CN(C)C2. The van der Waals surface area contributed by atoms with E-state index in [2.05, 4.69) is 43.1 Å². The molecule has 2 fully saturated rings. The highest BCUT2D eigenvalue weighted by Crippen LogP contribution is 2.32. The Kier molecular flexibility index (Phi) is 6.73. The molecule has 0 aromatic heterocycles. The monoisotopic (exact) mass is 408 g/mol. The average Bonchev–Trinajstić information content (AvgIpc) is 2.63. The lowest BCUT2D eigenvalue weighted by molar-refractivity contribution is 0.0201. The third-order valence-corrected chi connectivity index (χ3v) is 6.37. The standard InChI is InChI=1S/C21H33ClN4O2/c1-5-15(6-2)28-19-8-18(23)17(22)7-16(19)21(27)24-20-13-9-25(3)10-14(20)12-26(4)11-13/h7-8,13-15,20H,5-6,9-12,23H2,1-4H3,(H,24,27). The highest BCUT2D eigenvalue weighted by atomic mass is 35.5. The molecule has 1 amide bonds. The van der Waals surface area contributed by atoms with Crippen molar-refractivity contribution < 1.29 is 9.53 Å². The Morgan fingerprint density at radius 2 is 1.71 bits per heavy atom. The van der Waals surface area contributed by atoms with Gasteiger partial charge in [0, 0.05) is 50.1 Å². The van der Waals surface area contributed by atoms with Crippen LogP contribution in [0.4, 0.5) is 5.69 Å². The minimum absolute atomic E-state index is 0.0449. The van der Waals surface area contributed by atoms with E-state index in [1.165, 1.54) is 0 Å². The summed E-state index contributed by atoms with van der Waals surface area (Å²) in [5.41, 5.74) is 6.88. The van der Waals surface area contributed by atoms with Gasteiger partial charge >= 0.3 is 0 Å². The average molecular weight is 409 g/mol. The summed E-state index contributed by atoms with van der Waals surface area (Å²) in [5, 5.41) is 3.68. The largest absolute Gasteiger partial charge is 0.490 e. The molecule has 156 valence electrons. The van der Waals surface area contributed by atoms with Gasteiger partial charge in [0.1, 0.15) is 5.75 Å². The number of amides is 1. The van der Waals surface area contributed by atoms with Gasteiger partial charge in [0.15, 0.2) is 0 Å². The number of carbonyl (C=O) groups excluding carboxylic acids is 1. The Morgan fingerprint density at radius 1 is 1.18 bits per heavy atom. The maximum absolute atomic E-state index is 13.2. The molecule has 7 heteroatoms. The molecular formula is C21H33ClN4O2. The number of likely N-dealkylation sites (tertiary alicyclic amines) is 2. The van der Waals surface area contributed by atoms with Crippen LogP contribution < -0.4 is 15.8 Å². The number of hydrogen-bond acceptors (Lipinski definition) is 5. The number of carbonyl (C=O) groups is 1. The summed E-state index contributed by atoms with van der Waals surface area (Å²) < 4.78 is 6.10. The Hall–Kier alpha value is -1.50. The molecule has 0 spiro atoms. The Bertz CT molecular complexity index is 680. The van der Waals surface area contributed by atoms with E-state index in [0.717, 1.165) is 39.0 Å². The van der Waals surface area contributed by atoms with Crippen molar-refractivity contribution in [2.45, 2.75) is 38.8 Å². The fraction of sp³-hybridized carbons (Fsp3) is 0.667. The third kappa shape index (κ3) is 4.56. The first-order valence-corrected chi connectivity index (χ1v) is 10.6. The summed E-state index contributed by atoms with van der Waals surface area (Å²) in [4.78, 5) is 18.0. The van der Waals surface area contributed by atoms with Crippen LogP contribution in [0.1, 0.15) is 37.0 Å². The number of anilines is 1. The number of fused-ring (bicyclic) bond motifs is 2. The molecule has 2 bridgehead atoms. The van der Waals surface area contributed by atoms with Crippen molar-refractivity contribution in [3.05, 3.63) is 22.7 Å². The number of nitrogens with zero attached hydrogens (tertiary/aromatic N) is 2. The molecule has 3 N–H and O–H groups in total. The number of rotatable bonds is 6. The lowest BCUT2D eigenvalue weighted by Crippen LogP contribution is -2.63. The number of nitrogens with one attached hydrogen (secondary N) is 1. The fourth-order valence-electron chi connectivity index (χ4n) is 4.65. The number of nitrogens with two attached hydrogens (primary N) is 1. The Balaban J connectivity index is 1.83. The summed E-state index contributed by atoms with van der Waals surface area (Å²) in [5.74, 6) is 1.22. The first-order chi connectivity index (χ1) is 13.3.